The first kappa shape index (κ1) is 111. The van der Waals surface area contributed by atoms with Gasteiger partial charge < -0.3 is 64.1 Å². The van der Waals surface area contributed by atoms with Crippen LogP contribution in [0.3, 0.4) is 0 Å². The first-order valence-electron chi connectivity index (χ1n) is 28.3. The molecule has 0 aromatic heterocycles. The molecule has 0 saturated carbocycles. The van der Waals surface area contributed by atoms with Crippen LogP contribution in [-0.2, 0) is 33.4 Å². The van der Waals surface area contributed by atoms with E-state index in [0.717, 1.165) is 124 Å². The van der Waals surface area contributed by atoms with Gasteiger partial charge in [0.1, 0.15) is 24.9 Å². The quantitative estimate of drug-likeness (QED) is 0.0108. The fourth-order valence-electron chi connectivity index (χ4n) is 8.03. The number of nitrogens with zero attached hydrogens (tertiary/aromatic N) is 6. The number of halogens is 6. The molecule has 0 fully saturated rings. The minimum absolute atomic E-state index is 0. The minimum Gasteiger partial charge on any atom is -1.00 e. The third kappa shape index (κ3) is 92.8. The number of hydrogen-bond donors (Lipinski definition) is 8. The summed E-state index contributed by atoms with van der Waals surface area (Å²) in [4.78, 5) is 43.9. The Morgan fingerprint density at radius 2 is 0.744 bits per heavy atom. The maximum Gasteiger partial charge on any atom is 0.315 e. The SMILES string of the molecule is CCC[N+](C)(C)CCC(=O)NCS.CCC[N+](C)(C)CCC(=O)OCS.CCC[N+](C)(C)CCCC(=O)CS.CCC[N+](C)(C)CCCNCS.CCC[N+](C)(C)CCCOCS.CCC[N+](C)(C)CCOC(=O)CS.Cl.Cl.Cl.Cl.Cl.[Cl-]. The zero-order valence-electron chi connectivity index (χ0n) is 55.0. The van der Waals surface area contributed by atoms with Crippen molar-refractivity contribution in [2.45, 2.75) is 119 Å². The number of esters is 2. The van der Waals surface area contributed by atoms with Crippen molar-refractivity contribution in [2.24, 2.45) is 0 Å². The number of ketones is 1. The van der Waals surface area contributed by atoms with Gasteiger partial charge in [0.05, 0.1) is 194 Å². The number of amides is 1. The second kappa shape index (κ2) is 71.7. The van der Waals surface area contributed by atoms with Gasteiger partial charge in [0, 0.05) is 43.9 Å². The van der Waals surface area contributed by atoms with E-state index in [4.69, 9.17) is 14.2 Å². The van der Waals surface area contributed by atoms with Gasteiger partial charge in [-0.1, -0.05) is 41.5 Å². The van der Waals surface area contributed by atoms with Crippen LogP contribution in [0.2, 0.25) is 0 Å². The lowest BCUT2D eigenvalue weighted by molar-refractivity contribution is -0.890. The summed E-state index contributed by atoms with van der Waals surface area (Å²) in [5.74, 6) is 2.47. The van der Waals surface area contributed by atoms with E-state index >= 15 is 0 Å². The molecule has 0 atom stereocenters. The topological polar surface area (TPSA) is 120 Å². The van der Waals surface area contributed by atoms with Crippen LogP contribution in [0, 0.1) is 0 Å². The Balaban J connectivity index is -0.0000000707. The van der Waals surface area contributed by atoms with Crippen molar-refractivity contribution in [1.82, 2.24) is 10.6 Å². The molecule has 0 unspecified atom stereocenters. The molecule has 2 N–H and O–H groups in total. The Kier molecular flexibility index (Phi) is 97.2. The summed E-state index contributed by atoms with van der Waals surface area (Å²) in [6.45, 7) is 28.7. The number of likely N-dealkylation sites (N-methyl/N-ethyl adjacent to an activating group) is 1. The molecule has 0 aromatic rings. The van der Waals surface area contributed by atoms with Gasteiger partial charge in [0.2, 0.25) is 5.91 Å². The molecule has 1 amide bonds. The smallest absolute Gasteiger partial charge is 0.315 e. The first-order valence-corrected chi connectivity index (χ1v) is 32.1. The monoisotopic (exact) mass is 1420 g/mol. The van der Waals surface area contributed by atoms with Gasteiger partial charge in [0.15, 0.2) is 0 Å². The zero-order valence-corrected chi connectivity index (χ0v) is 65.2. The van der Waals surface area contributed by atoms with Crippen LogP contribution in [0.1, 0.15) is 119 Å². The number of hydrogen-bond acceptors (Lipinski definition) is 14. The summed E-state index contributed by atoms with van der Waals surface area (Å²) in [5, 5.41) is 5.89. The Morgan fingerprint density at radius 3 is 1.09 bits per heavy atom. The lowest BCUT2D eigenvalue weighted by atomic mass is 10.2. The summed E-state index contributed by atoms with van der Waals surface area (Å²) < 4.78 is 20.8. The number of quaternary nitrogens is 6. The molecule has 0 aliphatic rings. The molecule has 0 radical (unpaired) electrons. The third-order valence-electron chi connectivity index (χ3n) is 12.2. The number of rotatable bonds is 39. The Hall–Kier alpha value is 1.60. The minimum atomic E-state index is -0.236. The van der Waals surface area contributed by atoms with Crippen LogP contribution in [0.4, 0.5) is 0 Å². The first-order chi connectivity index (χ1) is 35.3. The molecule has 0 aromatic carbocycles. The Morgan fingerprint density at radius 1 is 0.378 bits per heavy atom. The lowest BCUT2D eigenvalue weighted by Gasteiger charge is -2.29. The highest BCUT2D eigenvalue weighted by molar-refractivity contribution is 7.81. The molecule has 0 bridgehead atoms. The zero-order chi connectivity index (χ0) is 60.2. The van der Waals surface area contributed by atoms with E-state index in [1.165, 1.54) is 58.4 Å². The highest BCUT2D eigenvalue weighted by Crippen LogP contribution is 2.06. The summed E-state index contributed by atoms with van der Waals surface area (Å²) >= 11 is 23.6. The standard InChI is InChI=1S/C10H21NOS.C9H20N2OS.C9H22N2S.2C9H19NO2S.C9H21NOS.6ClH/c1-4-7-11(2,3)8-5-6-10(12)9-13;1-4-6-11(2,3)7-5-9(12)10-8-13;1-4-7-11(2,3)8-5-6-10-9-12;1-4-6-10(2,3)7-5-9(11)12-8-13;1-4-5-10(2,3)6-7-12-9(11)8-13;1-4-6-10(2,3)7-5-8-11-9-12;;;;;;/h4-9H2,1-3H3;4-8H2,1-3H3,(H-,10,12,13);10H,4-9H2,1-3H3;2*4-8H2,1-3H3;4-9H2,1-3H3;6*1H/p+5. The van der Waals surface area contributed by atoms with Crippen molar-refractivity contribution < 1.29 is 72.7 Å². The van der Waals surface area contributed by atoms with Gasteiger partial charge in [-0.15, -0.1) is 74.7 Å². The number of ether oxygens (including phenoxy) is 3. The number of carbonyl (C=O) groups excluding carboxylic acids is 4. The molecule has 27 heteroatoms. The maximum absolute atomic E-state index is 11.1. The van der Waals surface area contributed by atoms with Gasteiger partial charge in [-0.3, -0.25) is 19.2 Å². The second-order valence-corrected chi connectivity index (χ2v) is 25.1. The largest absolute Gasteiger partial charge is 1.00 e. The number of Topliss-reactive ketones (excluding diaryl/α,β-unsaturated/α-hetero) is 1. The third-order valence-corrected chi connectivity index (χ3v) is 13.5. The van der Waals surface area contributed by atoms with E-state index in [2.05, 4.69) is 213 Å². The van der Waals surface area contributed by atoms with Gasteiger partial charge in [-0.2, -0.15) is 63.1 Å². The van der Waals surface area contributed by atoms with Crippen LogP contribution in [0.25, 0.3) is 0 Å². The molecule has 15 nitrogen and oxygen atoms in total. The van der Waals surface area contributed by atoms with Gasteiger partial charge in [0.25, 0.3) is 0 Å². The molecular formula is C55H133Cl6N8O7S6+5. The fraction of sp³-hybridized carbons (Fsp3) is 0.927. The lowest BCUT2D eigenvalue weighted by Crippen LogP contribution is -3.00. The average Bonchev–Trinajstić information content (AvgIpc) is 3.31. The Labute approximate surface area is 576 Å². The molecule has 82 heavy (non-hydrogen) atoms. The van der Waals surface area contributed by atoms with Crippen LogP contribution in [0.5, 0.6) is 0 Å². The number of thiol groups is 6. The van der Waals surface area contributed by atoms with E-state index in [1.807, 2.05) is 0 Å². The predicted molar refractivity (Wildman–Crippen MR) is 384 cm³/mol. The summed E-state index contributed by atoms with van der Waals surface area (Å²) in [7, 11) is 26.4. The van der Waals surface area contributed by atoms with Crippen LogP contribution in [-0.4, -0.2) is 269 Å². The van der Waals surface area contributed by atoms with Gasteiger partial charge >= 0.3 is 11.9 Å². The Bertz CT molecular complexity index is 1290. The highest BCUT2D eigenvalue weighted by Gasteiger charge is 2.18. The molecule has 0 heterocycles. The van der Waals surface area contributed by atoms with E-state index in [9.17, 15) is 19.2 Å². The van der Waals surface area contributed by atoms with Crippen molar-refractivity contribution >= 4 is 161 Å². The number of nitrogens with one attached hydrogen (secondary N) is 2. The van der Waals surface area contributed by atoms with E-state index in [0.29, 0.717) is 43.4 Å². The van der Waals surface area contributed by atoms with Gasteiger partial charge in [-0.05, 0) is 38.5 Å². The van der Waals surface area contributed by atoms with Crippen molar-refractivity contribution in [3.05, 3.63) is 0 Å². The van der Waals surface area contributed by atoms with E-state index in [1.54, 1.807) is 0 Å². The molecule has 0 aliphatic carbocycles. The van der Waals surface area contributed by atoms with Crippen molar-refractivity contribution in [3.63, 3.8) is 0 Å². The summed E-state index contributed by atoms with van der Waals surface area (Å²) in [6, 6.07) is 0. The van der Waals surface area contributed by atoms with Crippen molar-refractivity contribution in [2.75, 3.05) is 218 Å². The van der Waals surface area contributed by atoms with Crippen LogP contribution < -0.4 is 23.0 Å². The molecule has 508 valence electrons. The normalized spacial score (nSPS) is 10.8. The molecular weight excluding hydrogens is 1290 g/mol. The van der Waals surface area contributed by atoms with Crippen molar-refractivity contribution in [3.8, 4) is 0 Å². The fourth-order valence-corrected chi connectivity index (χ4v) is 8.88. The predicted octanol–water partition coefficient (Wildman–Crippen LogP) is 7.08. The van der Waals surface area contributed by atoms with Crippen molar-refractivity contribution in [1.29, 1.82) is 0 Å². The summed E-state index contributed by atoms with van der Waals surface area (Å²) in [5.41, 5.74) is 0. The second-order valence-electron chi connectivity index (χ2n) is 23.3. The molecule has 0 saturated heterocycles. The molecule has 0 aliphatic heterocycles. The highest BCUT2D eigenvalue weighted by atomic mass is 35.5. The molecule has 0 spiro atoms. The molecule has 0 rings (SSSR count). The maximum atomic E-state index is 11.1. The van der Waals surface area contributed by atoms with Crippen LogP contribution in [0.15, 0.2) is 0 Å². The van der Waals surface area contributed by atoms with Crippen LogP contribution >= 0.6 is 138 Å². The number of carbonyl (C=O) groups is 4. The van der Waals surface area contributed by atoms with Gasteiger partial charge in [-0.25, -0.2) is 0 Å². The average molecular weight is 1420 g/mol. The summed E-state index contributed by atoms with van der Waals surface area (Å²) in [6.07, 6.45) is 12.3. The van der Waals surface area contributed by atoms with E-state index < -0.39 is 0 Å². The van der Waals surface area contributed by atoms with E-state index in [-0.39, 0.29) is 110 Å².